The largest absolute Gasteiger partial charge is 0.355 e. The second-order valence-corrected chi connectivity index (χ2v) is 6.61. The van der Waals surface area contributed by atoms with Crippen LogP contribution in [0.3, 0.4) is 0 Å². The van der Waals surface area contributed by atoms with E-state index < -0.39 is 0 Å². The summed E-state index contributed by atoms with van der Waals surface area (Å²) in [4.78, 5) is 15.0. The summed E-state index contributed by atoms with van der Waals surface area (Å²) >= 11 is 0. The molecule has 0 aliphatic carbocycles. The van der Waals surface area contributed by atoms with Crippen LogP contribution in [0.5, 0.6) is 0 Å². The van der Waals surface area contributed by atoms with Gasteiger partial charge in [-0.1, -0.05) is 0 Å². The molecule has 1 aliphatic rings. The van der Waals surface area contributed by atoms with Crippen molar-refractivity contribution in [2.24, 2.45) is 0 Å². The first-order chi connectivity index (χ1) is 13.4. The van der Waals surface area contributed by atoms with Gasteiger partial charge in [0.15, 0.2) is 11.5 Å². The van der Waals surface area contributed by atoms with Gasteiger partial charge in [0.2, 0.25) is 0 Å². The molecular weight excluding hydrogens is 340 g/mol. The van der Waals surface area contributed by atoms with E-state index in [-0.39, 0.29) is 0 Å². The molecule has 0 unspecified atom stereocenters. The Morgan fingerprint density at radius 1 is 0.889 bits per heavy atom. The molecule has 4 aromatic rings. The minimum Gasteiger partial charge on any atom is -0.355 e. The van der Waals surface area contributed by atoms with Crippen molar-refractivity contribution < 1.29 is 0 Å². The van der Waals surface area contributed by atoms with Crippen LogP contribution in [0.1, 0.15) is 24.6 Å². The van der Waals surface area contributed by atoms with Gasteiger partial charge in [0.05, 0.1) is 11.9 Å². The van der Waals surface area contributed by atoms with Crippen molar-refractivity contribution in [1.82, 2.24) is 34.8 Å². The van der Waals surface area contributed by atoms with Gasteiger partial charge in [0.1, 0.15) is 5.82 Å². The van der Waals surface area contributed by atoms with Crippen molar-refractivity contribution in [2.75, 3.05) is 18.0 Å². The molecule has 0 radical (unpaired) electrons. The van der Waals surface area contributed by atoms with Gasteiger partial charge in [0.25, 0.3) is 0 Å². The van der Waals surface area contributed by atoms with Crippen LogP contribution < -0.4 is 4.90 Å². The molecular formula is C19H18N8. The average molecular weight is 358 g/mol. The Balaban J connectivity index is 1.41. The number of pyridine rings is 1. The summed E-state index contributed by atoms with van der Waals surface area (Å²) < 4.78 is 1.88. The summed E-state index contributed by atoms with van der Waals surface area (Å²) in [6.07, 6.45) is 10.8. The zero-order valence-corrected chi connectivity index (χ0v) is 14.7. The van der Waals surface area contributed by atoms with Crippen LogP contribution in [0.25, 0.3) is 16.9 Å². The van der Waals surface area contributed by atoms with E-state index in [1.807, 2.05) is 41.2 Å². The van der Waals surface area contributed by atoms with Crippen LogP contribution in [0.15, 0.2) is 55.2 Å². The molecule has 0 amide bonds. The zero-order chi connectivity index (χ0) is 18.1. The fourth-order valence-electron chi connectivity index (χ4n) is 3.55. The summed E-state index contributed by atoms with van der Waals surface area (Å²) in [6, 6.07) is 7.84. The standard InChI is InChI=1S/C19H18N8/c1-2-15(12-20-7-1)16-3-4-17-23-24-19(27(17)25-16)14-5-10-26(11-6-14)18-13-21-8-9-22-18/h1-4,7-9,12-14H,5-6,10-11H2. The van der Waals surface area contributed by atoms with Gasteiger partial charge in [-0.2, -0.15) is 9.61 Å². The highest BCUT2D eigenvalue weighted by atomic mass is 15.4. The van der Waals surface area contributed by atoms with Crippen LogP contribution in [-0.4, -0.2) is 47.9 Å². The Labute approximate surface area is 155 Å². The van der Waals surface area contributed by atoms with Crippen molar-refractivity contribution in [3.63, 3.8) is 0 Å². The van der Waals surface area contributed by atoms with Gasteiger partial charge < -0.3 is 4.90 Å². The molecule has 1 fully saturated rings. The summed E-state index contributed by atoms with van der Waals surface area (Å²) in [7, 11) is 0. The Hall–Kier alpha value is -3.42. The highest BCUT2D eigenvalue weighted by Crippen LogP contribution is 2.29. The number of rotatable bonds is 3. The molecule has 134 valence electrons. The molecule has 4 aromatic heterocycles. The minimum absolute atomic E-state index is 0.324. The number of aromatic nitrogens is 7. The molecule has 27 heavy (non-hydrogen) atoms. The third-order valence-corrected chi connectivity index (χ3v) is 4.98. The number of piperidine rings is 1. The summed E-state index contributed by atoms with van der Waals surface area (Å²) in [5, 5.41) is 13.5. The molecule has 1 aliphatic heterocycles. The molecule has 5 rings (SSSR count). The summed E-state index contributed by atoms with van der Waals surface area (Å²) in [5.41, 5.74) is 2.62. The van der Waals surface area contributed by atoms with Gasteiger partial charge in [-0.15, -0.1) is 10.2 Å². The smallest absolute Gasteiger partial charge is 0.177 e. The summed E-state index contributed by atoms with van der Waals surface area (Å²) in [6.45, 7) is 1.83. The van der Waals surface area contributed by atoms with Crippen molar-refractivity contribution >= 4 is 11.5 Å². The lowest BCUT2D eigenvalue weighted by atomic mass is 9.96. The normalized spacial score (nSPS) is 15.3. The van der Waals surface area contributed by atoms with Crippen molar-refractivity contribution in [2.45, 2.75) is 18.8 Å². The van der Waals surface area contributed by atoms with Gasteiger partial charge in [-0.05, 0) is 37.1 Å². The minimum atomic E-state index is 0.324. The van der Waals surface area contributed by atoms with E-state index >= 15 is 0 Å². The average Bonchev–Trinajstić information content (AvgIpc) is 3.18. The van der Waals surface area contributed by atoms with Gasteiger partial charge in [0, 0.05) is 49.4 Å². The summed E-state index contributed by atoms with van der Waals surface area (Å²) in [5.74, 6) is 2.18. The number of fused-ring (bicyclic) bond motifs is 1. The second-order valence-electron chi connectivity index (χ2n) is 6.61. The SMILES string of the molecule is c1cncc(-c2ccc3nnc(C4CCN(c5cnccn5)CC4)n3n2)c1. The number of anilines is 1. The quantitative estimate of drug-likeness (QED) is 0.556. The molecule has 0 N–H and O–H groups in total. The van der Waals surface area contributed by atoms with Crippen molar-refractivity contribution in [3.8, 4) is 11.3 Å². The first-order valence-corrected chi connectivity index (χ1v) is 9.02. The fourth-order valence-corrected chi connectivity index (χ4v) is 3.55. The molecule has 8 nitrogen and oxygen atoms in total. The van der Waals surface area contributed by atoms with E-state index in [4.69, 9.17) is 5.10 Å². The van der Waals surface area contributed by atoms with E-state index in [1.165, 1.54) is 0 Å². The lowest BCUT2D eigenvalue weighted by Crippen LogP contribution is -2.34. The van der Waals surface area contributed by atoms with Crippen molar-refractivity contribution in [3.05, 3.63) is 61.1 Å². The molecule has 0 bridgehead atoms. The predicted octanol–water partition coefficient (Wildman–Crippen LogP) is 2.36. The van der Waals surface area contributed by atoms with Gasteiger partial charge in [-0.25, -0.2) is 4.98 Å². The van der Waals surface area contributed by atoms with Crippen molar-refractivity contribution in [1.29, 1.82) is 0 Å². The first kappa shape index (κ1) is 15.8. The third-order valence-electron chi connectivity index (χ3n) is 4.98. The van der Waals surface area contributed by atoms with E-state index in [0.717, 1.165) is 54.5 Å². The number of hydrogen-bond donors (Lipinski definition) is 0. The second kappa shape index (κ2) is 6.71. The third kappa shape index (κ3) is 2.99. The Bertz CT molecular complexity index is 1040. The number of hydrogen-bond acceptors (Lipinski definition) is 7. The van der Waals surface area contributed by atoms with E-state index in [1.54, 1.807) is 18.6 Å². The molecule has 0 saturated carbocycles. The maximum Gasteiger partial charge on any atom is 0.177 e. The van der Waals surface area contributed by atoms with Gasteiger partial charge >= 0.3 is 0 Å². The predicted molar refractivity (Wildman–Crippen MR) is 100 cm³/mol. The molecule has 5 heterocycles. The highest BCUT2D eigenvalue weighted by Gasteiger charge is 2.26. The highest BCUT2D eigenvalue weighted by molar-refractivity contribution is 5.58. The molecule has 0 atom stereocenters. The van der Waals surface area contributed by atoms with E-state index in [9.17, 15) is 0 Å². The Morgan fingerprint density at radius 2 is 1.78 bits per heavy atom. The van der Waals surface area contributed by atoms with Crippen LogP contribution in [0.2, 0.25) is 0 Å². The monoisotopic (exact) mass is 358 g/mol. The van der Waals surface area contributed by atoms with Crippen LogP contribution in [0, 0.1) is 0 Å². The topological polar surface area (TPSA) is 85.0 Å². The Kier molecular flexibility index (Phi) is 3.93. The van der Waals surface area contributed by atoms with Gasteiger partial charge in [-0.3, -0.25) is 9.97 Å². The van der Waals surface area contributed by atoms with Crippen LogP contribution >= 0.6 is 0 Å². The maximum absolute atomic E-state index is 4.77. The lowest BCUT2D eigenvalue weighted by molar-refractivity contribution is 0.475. The first-order valence-electron chi connectivity index (χ1n) is 9.02. The molecule has 1 saturated heterocycles. The number of nitrogens with zero attached hydrogens (tertiary/aromatic N) is 8. The maximum atomic E-state index is 4.77. The zero-order valence-electron chi connectivity index (χ0n) is 14.7. The van der Waals surface area contributed by atoms with Crippen LogP contribution in [-0.2, 0) is 0 Å². The molecule has 0 spiro atoms. The Morgan fingerprint density at radius 3 is 2.56 bits per heavy atom. The fraction of sp³-hybridized carbons (Fsp3) is 0.263. The van der Waals surface area contributed by atoms with E-state index in [0.29, 0.717) is 5.92 Å². The van der Waals surface area contributed by atoms with E-state index in [2.05, 4.69) is 30.0 Å². The molecule has 0 aromatic carbocycles. The lowest BCUT2D eigenvalue weighted by Gasteiger charge is -2.31. The van der Waals surface area contributed by atoms with Crippen LogP contribution in [0.4, 0.5) is 5.82 Å². The molecule has 8 heteroatoms.